The summed E-state index contributed by atoms with van der Waals surface area (Å²) < 4.78 is 49.1. The van der Waals surface area contributed by atoms with E-state index in [1.54, 1.807) is 24.3 Å². The van der Waals surface area contributed by atoms with Crippen LogP contribution >= 0.6 is 0 Å². The largest absolute Gasteiger partial charge is 0.499 e. The van der Waals surface area contributed by atoms with Crippen LogP contribution in [0.4, 0.5) is 0 Å². The fourth-order valence-electron chi connectivity index (χ4n) is 1.77. The second-order valence-electron chi connectivity index (χ2n) is 4.88. The van der Waals surface area contributed by atoms with Gasteiger partial charge in [0.05, 0.1) is 52.5 Å². The van der Waals surface area contributed by atoms with E-state index < -0.39 is 10.1 Å². The summed E-state index contributed by atoms with van der Waals surface area (Å²) in [6.45, 7) is 6.26. The lowest BCUT2D eigenvalue weighted by molar-refractivity contribution is 0.00291. The zero-order valence-corrected chi connectivity index (χ0v) is 15.1. The molecule has 0 bridgehead atoms. The van der Waals surface area contributed by atoms with Crippen molar-refractivity contribution in [1.29, 1.82) is 0 Å². The van der Waals surface area contributed by atoms with Crippen molar-refractivity contribution in [2.75, 3.05) is 52.9 Å². The Morgan fingerprint density at radius 1 is 0.800 bits per heavy atom. The SMILES string of the molecule is C=COCCOCCOCCOCCOS(=O)(=O)Cc1ccccc1. The Balaban J connectivity index is 1.92. The average molecular weight is 374 g/mol. The van der Waals surface area contributed by atoms with Gasteiger partial charge in [0, 0.05) is 0 Å². The first-order valence-corrected chi connectivity index (χ1v) is 9.58. The molecule has 0 fully saturated rings. The van der Waals surface area contributed by atoms with Crippen LogP contribution in [0, 0.1) is 0 Å². The molecule has 0 heterocycles. The zero-order valence-electron chi connectivity index (χ0n) is 14.3. The van der Waals surface area contributed by atoms with E-state index in [2.05, 4.69) is 6.58 Å². The van der Waals surface area contributed by atoms with Gasteiger partial charge in [-0.15, -0.1) is 0 Å². The van der Waals surface area contributed by atoms with Gasteiger partial charge in [-0.05, 0) is 5.56 Å². The van der Waals surface area contributed by atoms with Gasteiger partial charge in [0.25, 0.3) is 10.1 Å². The summed E-state index contributed by atoms with van der Waals surface area (Å²) in [5.74, 6) is -0.144. The summed E-state index contributed by atoms with van der Waals surface area (Å²) in [5.41, 5.74) is 0.690. The van der Waals surface area contributed by atoms with E-state index in [1.165, 1.54) is 6.26 Å². The molecule has 0 saturated carbocycles. The minimum absolute atomic E-state index is 0.0123. The van der Waals surface area contributed by atoms with Crippen LogP contribution in [-0.4, -0.2) is 61.3 Å². The average Bonchev–Trinajstić information content (AvgIpc) is 2.59. The third-order valence-corrected chi connectivity index (χ3v) is 4.10. The highest BCUT2D eigenvalue weighted by atomic mass is 32.2. The van der Waals surface area contributed by atoms with Gasteiger partial charge in [0.15, 0.2) is 0 Å². The zero-order chi connectivity index (χ0) is 18.2. The molecule has 8 heteroatoms. The third kappa shape index (κ3) is 12.5. The molecule has 7 nitrogen and oxygen atoms in total. The van der Waals surface area contributed by atoms with Crippen molar-refractivity contribution < 1.29 is 31.5 Å². The fraction of sp³-hybridized carbons (Fsp3) is 0.529. The van der Waals surface area contributed by atoms with Crippen molar-refractivity contribution in [3.05, 3.63) is 48.7 Å². The predicted octanol–water partition coefficient (Wildman–Crippen LogP) is 1.74. The van der Waals surface area contributed by atoms with Gasteiger partial charge in [-0.1, -0.05) is 36.9 Å². The molecule has 142 valence electrons. The van der Waals surface area contributed by atoms with Gasteiger partial charge >= 0.3 is 0 Å². The molecule has 0 saturated heterocycles. The highest BCUT2D eigenvalue weighted by molar-refractivity contribution is 7.85. The van der Waals surface area contributed by atoms with Crippen molar-refractivity contribution in [2.24, 2.45) is 0 Å². The maximum Gasteiger partial charge on any atom is 0.271 e. The Kier molecular flexibility index (Phi) is 11.9. The fourth-order valence-corrected chi connectivity index (χ4v) is 2.78. The Bertz CT molecular complexity index is 545. The van der Waals surface area contributed by atoms with E-state index >= 15 is 0 Å². The van der Waals surface area contributed by atoms with E-state index in [1.807, 2.05) is 6.07 Å². The summed E-state index contributed by atoms with van der Waals surface area (Å²) in [5, 5.41) is 0. The van der Waals surface area contributed by atoms with Gasteiger partial charge in [-0.3, -0.25) is 4.18 Å². The molecule has 1 rings (SSSR count). The molecule has 0 radical (unpaired) electrons. The molecular formula is C17H26O7S. The predicted molar refractivity (Wildman–Crippen MR) is 93.6 cm³/mol. The van der Waals surface area contributed by atoms with Crippen molar-refractivity contribution in [2.45, 2.75) is 5.75 Å². The monoisotopic (exact) mass is 374 g/mol. The number of rotatable bonds is 16. The Labute approximate surface area is 149 Å². The van der Waals surface area contributed by atoms with E-state index in [-0.39, 0.29) is 19.0 Å². The standard InChI is InChI=1S/C17H26O7S/c1-2-20-8-9-21-10-11-22-12-13-23-14-15-24-25(18,19)16-17-6-4-3-5-7-17/h2-7H,1,8-16H2. The van der Waals surface area contributed by atoms with Crippen LogP contribution < -0.4 is 0 Å². The first-order chi connectivity index (χ1) is 12.1. The lowest BCUT2D eigenvalue weighted by atomic mass is 10.2. The number of hydrogen-bond acceptors (Lipinski definition) is 7. The molecule has 0 aliphatic heterocycles. The van der Waals surface area contributed by atoms with E-state index in [9.17, 15) is 8.42 Å². The van der Waals surface area contributed by atoms with Crippen molar-refractivity contribution in [3.63, 3.8) is 0 Å². The Morgan fingerprint density at radius 2 is 1.32 bits per heavy atom. The van der Waals surface area contributed by atoms with Crippen LogP contribution in [0.1, 0.15) is 5.56 Å². The van der Waals surface area contributed by atoms with E-state index in [0.29, 0.717) is 45.2 Å². The molecule has 0 atom stereocenters. The summed E-state index contributed by atoms with van der Waals surface area (Å²) >= 11 is 0. The van der Waals surface area contributed by atoms with Crippen molar-refractivity contribution in [3.8, 4) is 0 Å². The summed E-state index contributed by atoms with van der Waals surface area (Å²) in [4.78, 5) is 0. The van der Waals surface area contributed by atoms with Crippen LogP contribution in [0.2, 0.25) is 0 Å². The van der Waals surface area contributed by atoms with Crippen LogP contribution in [0.3, 0.4) is 0 Å². The number of hydrogen-bond donors (Lipinski definition) is 0. The van der Waals surface area contributed by atoms with Gasteiger partial charge in [-0.25, -0.2) is 0 Å². The minimum Gasteiger partial charge on any atom is -0.499 e. The molecule has 1 aromatic carbocycles. The molecule has 0 aromatic heterocycles. The molecule has 0 spiro atoms. The van der Waals surface area contributed by atoms with Gasteiger partial charge in [0.1, 0.15) is 12.4 Å². The first kappa shape index (κ1) is 21.6. The molecule has 0 aliphatic carbocycles. The second-order valence-corrected chi connectivity index (χ2v) is 6.52. The summed E-state index contributed by atoms with van der Waals surface area (Å²) in [7, 11) is -3.59. The Morgan fingerprint density at radius 3 is 1.88 bits per heavy atom. The van der Waals surface area contributed by atoms with Crippen molar-refractivity contribution in [1.82, 2.24) is 0 Å². The molecule has 1 aromatic rings. The molecule has 0 unspecified atom stereocenters. The second kappa shape index (κ2) is 13.8. The molecular weight excluding hydrogens is 348 g/mol. The molecule has 25 heavy (non-hydrogen) atoms. The quantitative estimate of drug-likeness (QED) is 0.248. The molecule has 0 N–H and O–H groups in total. The molecule has 0 aliphatic rings. The highest BCUT2D eigenvalue weighted by Gasteiger charge is 2.11. The topological polar surface area (TPSA) is 80.3 Å². The first-order valence-electron chi connectivity index (χ1n) is 8.01. The maximum atomic E-state index is 11.8. The highest BCUT2D eigenvalue weighted by Crippen LogP contribution is 2.06. The van der Waals surface area contributed by atoms with Crippen molar-refractivity contribution >= 4 is 10.1 Å². The lowest BCUT2D eigenvalue weighted by Gasteiger charge is -2.08. The van der Waals surface area contributed by atoms with Crippen LogP contribution in [0.5, 0.6) is 0 Å². The van der Waals surface area contributed by atoms with Crippen LogP contribution in [0.25, 0.3) is 0 Å². The third-order valence-electron chi connectivity index (χ3n) is 2.88. The van der Waals surface area contributed by atoms with Crippen LogP contribution in [-0.2, 0) is 39.0 Å². The minimum atomic E-state index is -3.59. The molecule has 0 amide bonds. The van der Waals surface area contributed by atoms with Crippen LogP contribution in [0.15, 0.2) is 43.2 Å². The Hall–Kier alpha value is -1.45. The smallest absolute Gasteiger partial charge is 0.271 e. The van der Waals surface area contributed by atoms with Gasteiger partial charge < -0.3 is 18.9 Å². The normalized spacial score (nSPS) is 11.4. The summed E-state index contributed by atoms with van der Waals surface area (Å²) in [6, 6.07) is 8.88. The number of ether oxygens (including phenoxy) is 4. The summed E-state index contributed by atoms with van der Waals surface area (Å²) in [6.07, 6.45) is 1.37. The van der Waals surface area contributed by atoms with E-state index in [4.69, 9.17) is 23.1 Å². The maximum absolute atomic E-state index is 11.8. The van der Waals surface area contributed by atoms with Gasteiger partial charge in [0.2, 0.25) is 0 Å². The lowest BCUT2D eigenvalue weighted by Crippen LogP contribution is -2.15. The van der Waals surface area contributed by atoms with Gasteiger partial charge in [-0.2, -0.15) is 8.42 Å². The van der Waals surface area contributed by atoms with E-state index in [0.717, 1.165) is 0 Å². The number of benzene rings is 1.